The summed E-state index contributed by atoms with van der Waals surface area (Å²) < 4.78 is 0. The monoisotopic (exact) mass is 309 g/mol. The largest absolute Gasteiger partial charge is 0.508 e. The number of amides is 1. The topological polar surface area (TPSA) is 49.3 Å². The summed E-state index contributed by atoms with van der Waals surface area (Å²) in [5.74, 6) is 0.226. The smallest absolute Gasteiger partial charge is 0.224 e. The molecule has 3 rings (SSSR count). The maximum Gasteiger partial charge on any atom is 0.224 e. The van der Waals surface area contributed by atoms with Gasteiger partial charge in [0.25, 0.3) is 0 Å². The maximum atomic E-state index is 11.9. The molecule has 0 aliphatic heterocycles. The Morgan fingerprint density at radius 3 is 2.52 bits per heavy atom. The molecule has 3 nitrogen and oxygen atoms in total. The zero-order valence-corrected chi connectivity index (χ0v) is 13.3. The first kappa shape index (κ1) is 15.6. The van der Waals surface area contributed by atoms with Gasteiger partial charge in [0.15, 0.2) is 0 Å². The van der Waals surface area contributed by atoms with Crippen LogP contribution in [0.1, 0.15) is 42.4 Å². The van der Waals surface area contributed by atoms with Gasteiger partial charge in [-0.15, -0.1) is 0 Å². The number of carbonyl (C=O) groups is 1. The van der Waals surface area contributed by atoms with Crippen LogP contribution < -0.4 is 5.32 Å². The molecule has 0 unspecified atom stereocenters. The molecule has 23 heavy (non-hydrogen) atoms. The maximum absolute atomic E-state index is 11.9. The van der Waals surface area contributed by atoms with E-state index in [2.05, 4.69) is 23.5 Å². The molecule has 0 saturated heterocycles. The zero-order chi connectivity index (χ0) is 16.1. The molecule has 2 N–H and O–H groups in total. The van der Waals surface area contributed by atoms with Crippen molar-refractivity contribution in [3.63, 3.8) is 0 Å². The van der Waals surface area contributed by atoms with E-state index in [4.69, 9.17) is 0 Å². The van der Waals surface area contributed by atoms with Gasteiger partial charge in [0.1, 0.15) is 5.75 Å². The number of fused-ring (bicyclic) bond motifs is 1. The lowest BCUT2D eigenvalue weighted by Gasteiger charge is -2.16. The predicted octanol–water partition coefficient (Wildman–Crippen LogP) is 4.23. The molecule has 1 amide bonds. The van der Waals surface area contributed by atoms with Crippen LogP contribution in [0.25, 0.3) is 0 Å². The van der Waals surface area contributed by atoms with E-state index in [1.807, 2.05) is 0 Å². The molecule has 3 heteroatoms. The molecule has 0 saturated carbocycles. The van der Waals surface area contributed by atoms with E-state index in [9.17, 15) is 9.90 Å². The first-order valence-corrected chi connectivity index (χ1v) is 8.40. The average molecular weight is 309 g/mol. The minimum absolute atomic E-state index is 0.0219. The number of benzene rings is 2. The van der Waals surface area contributed by atoms with Gasteiger partial charge in [-0.2, -0.15) is 0 Å². The van der Waals surface area contributed by atoms with Crippen LogP contribution in [0.3, 0.4) is 0 Å². The quantitative estimate of drug-likeness (QED) is 0.812. The normalized spacial score (nSPS) is 13.4. The highest BCUT2D eigenvalue weighted by Crippen LogP contribution is 2.23. The van der Waals surface area contributed by atoms with E-state index < -0.39 is 0 Å². The Hall–Kier alpha value is -2.29. The molecule has 0 bridgehead atoms. The Morgan fingerprint density at radius 1 is 1.00 bits per heavy atom. The number of aromatic hydroxyl groups is 1. The van der Waals surface area contributed by atoms with Gasteiger partial charge in [0.05, 0.1) is 0 Å². The second-order valence-electron chi connectivity index (χ2n) is 6.26. The Morgan fingerprint density at radius 2 is 1.74 bits per heavy atom. The van der Waals surface area contributed by atoms with E-state index in [1.54, 1.807) is 24.3 Å². The van der Waals surface area contributed by atoms with Gasteiger partial charge in [0.2, 0.25) is 5.91 Å². The third-order valence-corrected chi connectivity index (χ3v) is 4.43. The van der Waals surface area contributed by atoms with Gasteiger partial charge in [-0.1, -0.05) is 18.2 Å². The van der Waals surface area contributed by atoms with Gasteiger partial charge in [-0.25, -0.2) is 0 Å². The van der Waals surface area contributed by atoms with E-state index >= 15 is 0 Å². The van der Waals surface area contributed by atoms with E-state index in [-0.39, 0.29) is 11.7 Å². The predicted molar refractivity (Wildman–Crippen MR) is 92.8 cm³/mol. The van der Waals surface area contributed by atoms with Gasteiger partial charge < -0.3 is 10.4 Å². The van der Waals surface area contributed by atoms with E-state index in [0.29, 0.717) is 6.42 Å². The minimum Gasteiger partial charge on any atom is -0.508 e. The van der Waals surface area contributed by atoms with Crippen LogP contribution in [0, 0.1) is 0 Å². The summed E-state index contributed by atoms with van der Waals surface area (Å²) in [5.41, 5.74) is 5.07. The fourth-order valence-electron chi connectivity index (χ4n) is 3.16. The number of hydrogen-bond donors (Lipinski definition) is 2. The van der Waals surface area contributed by atoms with Crippen molar-refractivity contribution in [2.45, 2.75) is 44.9 Å². The number of carbonyl (C=O) groups excluding carboxylic acids is 1. The van der Waals surface area contributed by atoms with Crippen LogP contribution >= 0.6 is 0 Å². The second-order valence-corrected chi connectivity index (χ2v) is 6.26. The molecule has 0 aromatic heterocycles. The molecule has 2 aromatic carbocycles. The van der Waals surface area contributed by atoms with E-state index in [0.717, 1.165) is 18.5 Å². The van der Waals surface area contributed by atoms with Crippen molar-refractivity contribution >= 4 is 11.6 Å². The third-order valence-electron chi connectivity index (χ3n) is 4.43. The summed E-state index contributed by atoms with van der Waals surface area (Å²) in [5, 5.41) is 12.1. The van der Waals surface area contributed by atoms with Gasteiger partial charge in [-0.3, -0.25) is 4.79 Å². The highest BCUT2D eigenvalue weighted by molar-refractivity contribution is 5.90. The molecule has 0 radical (unpaired) electrons. The number of anilines is 1. The summed E-state index contributed by atoms with van der Waals surface area (Å²) in [6.45, 7) is 0. The van der Waals surface area contributed by atoms with Gasteiger partial charge in [0, 0.05) is 12.1 Å². The number of aryl methyl sites for hydroxylation is 3. The standard InChI is InChI=1S/C20H23NO2/c22-19-12-10-18(11-13-19)21-20(23)7-3-4-15-8-9-16-5-1-2-6-17(16)14-15/h8-14,22H,1-7H2,(H,21,23). The van der Waals surface area contributed by atoms with Crippen molar-refractivity contribution in [1.29, 1.82) is 0 Å². The van der Waals surface area contributed by atoms with Crippen LogP contribution in [-0.4, -0.2) is 11.0 Å². The Kier molecular flexibility index (Phi) is 4.96. The highest BCUT2D eigenvalue weighted by atomic mass is 16.3. The molecular formula is C20H23NO2. The lowest BCUT2D eigenvalue weighted by Crippen LogP contribution is -2.11. The van der Waals surface area contributed by atoms with Crippen molar-refractivity contribution in [3.05, 3.63) is 59.2 Å². The fourth-order valence-corrected chi connectivity index (χ4v) is 3.16. The average Bonchev–Trinajstić information content (AvgIpc) is 2.57. The summed E-state index contributed by atoms with van der Waals surface area (Å²) in [7, 11) is 0. The SMILES string of the molecule is O=C(CCCc1ccc2c(c1)CCCC2)Nc1ccc(O)cc1. The van der Waals surface area contributed by atoms with E-state index in [1.165, 1.54) is 42.4 Å². The van der Waals surface area contributed by atoms with Crippen LogP contribution in [0.4, 0.5) is 5.69 Å². The first-order chi connectivity index (χ1) is 11.2. The molecule has 0 heterocycles. The van der Waals surface area contributed by atoms with Crippen molar-refractivity contribution in [2.24, 2.45) is 0 Å². The molecule has 0 fully saturated rings. The van der Waals surface area contributed by atoms with Crippen molar-refractivity contribution in [2.75, 3.05) is 5.32 Å². The lowest BCUT2D eigenvalue weighted by atomic mass is 9.89. The highest BCUT2D eigenvalue weighted by Gasteiger charge is 2.09. The molecule has 0 atom stereocenters. The van der Waals surface area contributed by atoms with Crippen LogP contribution in [0.2, 0.25) is 0 Å². The number of phenols is 1. The van der Waals surface area contributed by atoms with Crippen molar-refractivity contribution in [3.8, 4) is 5.75 Å². The van der Waals surface area contributed by atoms with Crippen LogP contribution in [0.5, 0.6) is 5.75 Å². The van der Waals surface area contributed by atoms with Crippen LogP contribution in [0.15, 0.2) is 42.5 Å². The Labute approximate surface area is 137 Å². The summed E-state index contributed by atoms with van der Waals surface area (Å²) in [4.78, 5) is 11.9. The van der Waals surface area contributed by atoms with Crippen LogP contribution in [-0.2, 0) is 24.1 Å². The lowest BCUT2D eigenvalue weighted by molar-refractivity contribution is -0.116. The Bertz CT molecular complexity index is 677. The number of phenolic OH excluding ortho intramolecular Hbond substituents is 1. The minimum atomic E-state index is 0.0219. The number of hydrogen-bond acceptors (Lipinski definition) is 2. The number of rotatable bonds is 5. The molecule has 1 aliphatic carbocycles. The molecular weight excluding hydrogens is 286 g/mol. The Balaban J connectivity index is 1.47. The summed E-state index contributed by atoms with van der Waals surface area (Å²) >= 11 is 0. The van der Waals surface area contributed by atoms with Crippen molar-refractivity contribution < 1.29 is 9.90 Å². The first-order valence-electron chi connectivity index (χ1n) is 8.40. The molecule has 120 valence electrons. The third kappa shape index (κ3) is 4.35. The fraction of sp³-hybridized carbons (Fsp3) is 0.350. The molecule has 0 spiro atoms. The van der Waals surface area contributed by atoms with Gasteiger partial charge >= 0.3 is 0 Å². The van der Waals surface area contributed by atoms with Gasteiger partial charge in [-0.05, 0) is 79.5 Å². The summed E-state index contributed by atoms with van der Waals surface area (Å²) in [6.07, 6.45) is 7.32. The second kappa shape index (κ2) is 7.32. The number of nitrogens with one attached hydrogen (secondary N) is 1. The zero-order valence-electron chi connectivity index (χ0n) is 13.3. The van der Waals surface area contributed by atoms with Crippen molar-refractivity contribution in [1.82, 2.24) is 0 Å². The summed E-state index contributed by atoms with van der Waals surface area (Å²) in [6, 6.07) is 13.4. The molecule has 1 aliphatic rings. The molecule has 2 aromatic rings.